The maximum absolute atomic E-state index is 10.6. The molecule has 1 aromatic heterocycles. The molecule has 1 fully saturated rings. The van der Waals surface area contributed by atoms with Gasteiger partial charge in [0.25, 0.3) is 5.89 Å². The van der Waals surface area contributed by atoms with Crippen molar-refractivity contribution in [3.05, 3.63) is 36.2 Å². The zero-order valence-electron chi connectivity index (χ0n) is 10.8. The van der Waals surface area contributed by atoms with Crippen LogP contribution in [0.2, 0.25) is 0 Å². The highest BCUT2D eigenvalue weighted by Gasteiger charge is 2.30. The number of aromatic nitrogens is 2. The molecule has 1 aliphatic rings. The van der Waals surface area contributed by atoms with E-state index in [1.807, 2.05) is 30.3 Å². The summed E-state index contributed by atoms with van der Waals surface area (Å²) >= 11 is 0. The lowest BCUT2D eigenvalue weighted by molar-refractivity contribution is 0.190. The molecular formula is C14H15N3O3. The van der Waals surface area contributed by atoms with E-state index in [0.29, 0.717) is 11.7 Å². The van der Waals surface area contributed by atoms with Crippen LogP contribution >= 0.6 is 0 Å². The van der Waals surface area contributed by atoms with Crippen LogP contribution in [0.1, 0.15) is 31.0 Å². The first-order valence-corrected chi connectivity index (χ1v) is 6.61. The van der Waals surface area contributed by atoms with Gasteiger partial charge in [0.1, 0.15) is 0 Å². The molecule has 2 atom stereocenters. The van der Waals surface area contributed by atoms with E-state index in [-0.39, 0.29) is 12.0 Å². The molecule has 3 rings (SSSR count). The van der Waals surface area contributed by atoms with Crippen LogP contribution < -0.4 is 5.32 Å². The molecule has 20 heavy (non-hydrogen) atoms. The summed E-state index contributed by atoms with van der Waals surface area (Å²) in [5.41, 5.74) is 0.893. The summed E-state index contributed by atoms with van der Waals surface area (Å²) in [4.78, 5) is 15.0. The molecule has 1 amide bonds. The number of rotatable bonds is 3. The van der Waals surface area contributed by atoms with E-state index in [1.54, 1.807) is 0 Å². The lowest BCUT2D eigenvalue weighted by Crippen LogP contribution is -2.31. The van der Waals surface area contributed by atoms with Gasteiger partial charge >= 0.3 is 6.09 Å². The fraction of sp³-hybridized carbons (Fsp3) is 0.357. The topological polar surface area (TPSA) is 88.2 Å². The standard InChI is InChI=1S/C14H15N3O3/c18-14(19)15-11-7-6-10(8-11)12-16-13(20-17-12)9-4-2-1-3-5-9/h1-5,10-11,15H,6-8H2,(H,18,19). The highest BCUT2D eigenvalue weighted by Crippen LogP contribution is 2.33. The van der Waals surface area contributed by atoms with Gasteiger partial charge in [0.05, 0.1) is 0 Å². The molecule has 104 valence electrons. The summed E-state index contributed by atoms with van der Waals surface area (Å²) in [6.45, 7) is 0. The Labute approximate surface area is 115 Å². The second kappa shape index (κ2) is 5.32. The van der Waals surface area contributed by atoms with Crippen molar-refractivity contribution in [1.82, 2.24) is 15.5 Å². The van der Waals surface area contributed by atoms with Gasteiger partial charge in [-0.25, -0.2) is 4.79 Å². The van der Waals surface area contributed by atoms with E-state index >= 15 is 0 Å². The molecule has 6 heteroatoms. The van der Waals surface area contributed by atoms with Crippen molar-refractivity contribution >= 4 is 6.09 Å². The van der Waals surface area contributed by atoms with Crippen molar-refractivity contribution < 1.29 is 14.4 Å². The highest BCUT2D eigenvalue weighted by atomic mass is 16.5. The zero-order valence-corrected chi connectivity index (χ0v) is 10.8. The molecule has 0 saturated heterocycles. The van der Waals surface area contributed by atoms with E-state index in [2.05, 4.69) is 15.5 Å². The van der Waals surface area contributed by atoms with Gasteiger partial charge < -0.3 is 14.9 Å². The van der Waals surface area contributed by atoms with E-state index < -0.39 is 6.09 Å². The summed E-state index contributed by atoms with van der Waals surface area (Å²) in [6.07, 6.45) is 1.43. The smallest absolute Gasteiger partial charge is 0.404 e. The van der Waals surface area contributed by atoms with Crippen LogP contribution in [0.5, 0.6) is 0 Å². The molecule has 0 bridgehead atoms. The molecule has 0 aliphatic heterocycles. The van der Waals surface area contributed by atoms with Gasteiger partial charge in [-0.05, 0) is 31.4 Å². The summed E-state index contributed by atoms with van der Waals surface area (Å²) in [5, 5.41) is 15.3. The SMILES string of the molecule is O=C(O)NC1CCC(c2noc(-c3ccccc3)n2)C1. The molecule has 1 aromatic carbocycles. The summed E-state index contributed by atoms with van der Waals surface area (Å²) in [5.74, 6) is 1.34. The fourth-order valence-electron chi connectivity index (χ4n) is 2.62. The predicted molar refractivity (Wildman–Crippen MR) is 71.3 cm³/mol. The molecule has 1 saturated carbocycles. The number of hydrogen-bond donors (Lipinski definition) is 2. The maximum Gasteiger partial charge on any atom is 0.404 e. The second-order valence-electron chi connectivity index (χ2n) is 4.98. The first kappa shape index (κ1) is 12.7. The van der Waals surface area contributed by atoms with Crippen molar-refractivity contribution in [2.45, 2.75) is 31.2 Å². The number of carboxylic acid groups (broad SMARTS) is 1. The average molecular weight is 273 g/mol. The minimum Gasteiger partial charge on any atom is -0.465 e. The molecule has 0 radical (unpaired) electrons. The number of amides is 1. The Balaban J connectivity index is 1.70. The first-order chi connectivity index (χ1) is 9.72. The van der Waals surface area contributed by atoms with Crippen LogP contribution in [0, 0.1) is 0 Å². The number of hydrogen-bond acceptors (Lipinski definition) is 4. The fourth-order valence-corrected chi connectivity index (χ4v) is 2.62. The zero-order chi connectivity index (χ0) is 13.9. The first-order valence-electron chi connectivity index (χ1n) is 6.61. The van der Waals surface area contributed by atoms with Crippen LogP contribution in [0.3, 0.4) is 0 Å². The van der Waals surface area contributed by atoms with Gasteiger partial charge in [-0.3, -0.25) is 0 Å². The average Bonchev–Trinajstić information content (AvgIpc) is 3.07. The van der Waals surface area contributed by atoms with Crippen LogP contribution in [0.15, 0.2) is 34.9 Å². The Bertz CT molecular complexity index is 597. The molecule has 1 heterocycles. The van der Waals surface area contributed by atoms with Crippen LogP contribution in [-0.2, 0) is 0 Å². The van der Waals surface area contributed by atoms with E-state index in [9.17, 15) is 4.79 Å². The molecule has 1 aliphatic carbocycles. The van der Waals surface area contributed by atoms with Crippen LogP contribution in [0.25, 0.3) is 11.5 Å². The Morgan fingerprint density at radius 2 is 2.10 bits per heavy atom. The van der Waals surface area contributed by atoms with Gasteiger partial charge in [0, 0.05) is 17.5 Å². The number of benzene rings is 1. The quantitative estimate of drug-likeness (QED) is 0.897. The van der Waals surface area contributed by atoms with Gasteiger partial charge in [-0.2, -0.15) is 4.98 Å². The maximum atomic E-state index is 10.6. The van der Waals surface area contributed by atoms with Gasteiger partial charge in [-0.1, -0.05) is 23.4 Å². The third-order valence-corrected chi connectivity index (χ3v) is 3.59. The lowest BCUT2D eigenvalue weighted by atomic mass is 10.1. The van der Waals surface area contributed by atoms with Crippen molar-refractivity contribution in [3.63, 3.8) is 0 Å². The van der Waals surface area contributed by atoms with E-state index in [4.69, 9.17) is 9.63 Å². The van der Waals surface area contributed by atoms with E-state index in [1.165, 1.54) is 0 Å². The largest absolute Gasteiger partial charge is 0.465 e. The van der Waals surface area contributed by atoms with Crippen LogP contribution in [-0.4, -0.2) is 27.4 Å². The number of carbonyl (C=O) groups is 1. The van der Waals surface area contributed by atoms with Gasteiger partial charge in [0.15, 0.2) is 5.82 Å². The monoisotopic (exact) mass is 273 g/mol. The lowest BCUT2D eigenvalue weighted by Gasteiger charge is -2.08. The van der Waals surface area contributed by atoms with Crippen molar-refractivity contribution in [1.29, 1.82) is 0 Å². The van der Waals surface area contributed by atoms with Gasteiger partial charge in [0.2, 0.25) is 0 Å². The van der Waals surface area contributed by atoms with Crippen molar-refractivity contribution in [2.24, 2.45) is 0 Å². The third-order valence-electron chi connectivity index (χ3n) is 3.59. The predicted octanol–water partition coefficient (Wildman–Crippen LogP) is 2.64. The molecular weight excluding hydrogens is 258 g/mol. The highest BCUT2D eigenvalue weighted by molar-refractivity contribution is 5.64. The van der Waals surface area contributed by atoms with Crippen molar-refractivity contribution in [3.8, 4) is 11.5 Å². The summed E-state index contributed by atoms with van der Waals surface area (Å²) in [6, 6.07) is 9.58. The molecule has 2 N–H and O–H groups in total. The third kappa shape index (κ3) is 2.64. The number of nitrogens with zero attached hydrogens (tertiary/aromatic N) is 2. The molecule has 2 aromatic rings. The normalized spacial score (nSPS) is 21.8. The summed E-state index contributed by atoms with van der Waals surface area (Å²) in [7, 11) is 0. The Morgan fingerprint density at radius 1 is 1.30 bits per heavy atom. The van der Waals surface area contributed by atoms with Crippen LogP contribution in [0.4, 0.5) is 4.79 Å². The second-order valence-corrected chi connectivity index (χ2v) is 4.98. The van der Waals surface area contributed by atoms with Gasteiger partial charge in [-0.15, -0.1) is 0 Å². The Hall–Kier alpha value is -2.37. The molecule has 2 unspecified atom stereocenters. The Morgan fingerprint density at radius 3 is 2.85 bits per heavy atom. The molecule has 0 spiro atoms. The Kier molecular flexibility index (Phi) is 3.37. The minimum absolute atomic E-state index is 0.0174. The summed E-state index contributed by atoms with van der Waals surface area (Å²) < 4.78 is 5.28. The molecule has 6 nitrogen and oxygen atoms in total. The van der Waals surface area contributed by atoms with E-state index in [0.717, 1.165) is 24.8 Å². The van der Waals surface area contributed by atoms with Crippen molar-refractivity contribution in [2.75, 3.05) is 0 Å². The minimum atomic E-state index is -0.978. The number of nitrogens with one attached hydrogen (secondary N) is 1.